The number of halogens is 1. The molecule has 0 aliphatic carbocycles. The van der Waals surface area contributed by atoms with Gasteiger partial charge in [0.1, 0.15) is 6.61 Å². The van der Waals surface area contributed by atoms with E-state index in [2.05, 4.69) is 5.32 Å². The number of nitrogens with one attached hydrogen (secondary N) is 1. The molecule has 13 heavy (non-hydrogen) atoms. The fourth-order valence-corrected chi connectivity index (χ4v) is 1.08. The molecule has 0 bridgehead atoms. The molecule has 0 radical (unpaired) electrons. The Hall–Kier alpha value is -0.800. The van der Waals surface area contributed by atoms with Gasteiger partial charge in [0.25, 0.3) is 5.17 Å². The van der Waals surface area contributed by atoms with Crippen LogP contribution in [0, 0.1) is 0 Å². The summed E-state index contributed by atoms with van der Waals surface area (Å²) in [6.07, 6.45) is 0. The molecule has 0 unspecified atom stereocenters. The third kappa shape index (κ3) is 3.20. The molecule has 4 heteroatoms. The van der Waals surface area contributed by atoms with E-state index in [0.717, 1.165) is 5.56 Å². The van der Waals surface area contributed by atoms with Crippen molar-refractivity contribution in [3.8, 4) is 0 Å². The van der Waals surface area contributed by atoms with Crippen LogP contribution in [0.4, 0.5) is 0 Å². The highest BCUT2D eigenvalue weighted by Crippen LogP contribution is 2.15. The maximum Gasteiger partial charge on any atom is 0.256 e. The third-order valence-corrected chi connectivity index (χ3v) is 2.21. The third-order valence-electron chi connectivity index (χ3n) is 1.52. The quantitative estimate of drug-likeness (QED) is 0.766. The van der Waals surface area contributed by atoms with Crippen molar-refractivity contribution in [3.05, 3.63) is 34.9 Å². The van der Waals surface area contributed by atoms with Gasteiger partial charge in [0, 0.05) is 17.6 Å². The van der Waals surface area contributed by atoms with Crippen LogP contribution in [0.2, 0.25) is 5.02 Å². The molecule has 0 spiro atoms. The predicted octanol–water partition coefficient (Wildman–Crippen LogP) is 2.36. The van der Waals surface area contributed by atoms with Crippen molar-refractivity contribution in [1.82, 2.24) is 5.32 Å². The molecular formula is C9H10ClNOS. The summed E-state index contributed by atoms with van der Waals surface area (Å²) in [6.45, 7) is 0.402. The van der Waals surface area contributed by atoms with Gasteiger partial charge in [-0.15, -0.1) is 0 Å². The molecule has 1 rings (SSSR count). The van der Waals surface area contributed by atoms with Crippen LogP contribution in [-0.4, -0.2) is 12.2 Å². The molecule has 0 aromatic heterocycles. The molecule has 1 aromatic carbocycles. The summed E-state index contributed by atoms with van der Waals surface area (Å²) < 4.78 is 5.19. The molecule has 2 nitrogen and oxygen atoms in total. The smallest absolute Gasteiger partial charge is 0.256 e. The molecule has 0 fully saturated rings. The van der Waals surface area contributed by atoms with Crippen molar-refractivity contribution >= 4 is 29.0 Å². The van der Waals surface area contributed by atoms with Gasteiger partial charge in [0.05, 0.1) is 0 Å². The standard InChI is InChI=1S/C9H10ClNOS/c1-11-9(13)12-6-7-4-2-3-5-8(7)10/h2-5H,6H2,1H3,(H,11,13). The summed E-state index contributed by atoms with van der Waals surface area (Å²) in [5.74, 6) is 0. The van der Waals surface area contributed by atoms with Gasteiger partial charge >= 0.3 is 0 Å². The van der Waals surface area contributed by atoms with Gasteiger partial charge in [-0.05, 0) is 18.3 Å². The second-order valence-electron chi connectivity index (χ2n) is 2.42. The second kappa shape index (κ2) is 5.04. The first-order valence-corrected chi connectivity index (χ1v) is 4.60. The zero-order chi connectivity index (χ0) is 9.68. The van der Waals surface area contributed by atoms with E-state index >= 15 is 0 Å². The van der Waals surface area contributed by atoms with Gasteiger partial charge < -0.3 is 10.1 Å². The van der Waals surface area contributed by atoms with E-state index in [9.17, 15) is 0 Å². The summed E-state index contributed by atoms with van der Waals surface area (Å²) >= 11 is 10.7. The minimum absolute atomic E-state index is 0.375. The largest absolute Gasteiger partial charge is 0.466 e. The molecule has 0 atom stereocenters. The van der Waals surface area contributed by atoms with Crippen LogP contribution < -0.4 is 5.32 Å². The van der Waals surface area contributed by atoms with Crippen molar-refractivity contribution in [2.45, 2.75) is 6.61 Å². The van der Waals surface area contributed by atoms with Gasteiger partial charge in [-0.1, -0.05) is 29.8 Å². The summed E-state index contributed by atoms with van der Waals surface area (Å²) in [7, 11) is 1.72. The fourth-order valence-electron chi connectivity index (χ4n) is 0.831. The lowest BCUT2D eigenvalue weighted by Gasteiger charge is -2.07. The average Bonchev–Trinajstić information content (AvgIpc) is 2.16. The molecule has 0 heterocycles. The van der Waals surface area contributed by atoms with Crippen LogP contribution in [0.1, 0.15) is 5.56 Å². The number of hydrogen-bond acceptors (Lipinski definition) is 2. The van der Waals surface area contributed by atoms with Crippen molar-refractivity contribution in [3.63, 3.8) is 0 Å². The molecule has 0 saturated heterocycles. The Labute approximate surface area is 87.9 Å². The van der Waals surface area contributed by atoms with E-state index in [1.165, 1.54) is 0 Å². The lowest BCUT2D eigenvalue weighted by atomic mass is 10.2. The molecule has 0 amide bonds. The van der Waals surface area contributed by atoms with Crippen molar-refractivity contribution in [2.24, 2.45) is 0 Å². The van der Waals surface area contributed by atoms with E-state index in [0.29, 0.717) is 16.8 Å². The van der Waals surface area contributed by atoms with E-state index in [4.69, 9.17) is 28.6 Å². The first-order chi connectivity index (χ1) is 6.24. The Morgan fingerprint density at radius 2 is 2.23 bits per heavy atom. The Bertz CT molecular complexity index is 303. The number of ether oxygens (including phenoxy) is 1. The predicted molar refractivity (Wildman–Crippen MR) is 57.9 cm³/mol. The van der Waals surface area contributed by atoms with Crippen LogP contribution >= 0.6 is 23.8 Å². The van der Waals surface area contributed by atoms with E-state index in [1.54, 1.807) is 7.05 Å². The molecular weight excluding hydrogens is 206 g/mol. The fraction of sp³-hybridized carbons (Fsp3) is 0.222. The van der Waals surface area contributed by atoms with Crippen molar-refractivity contribution in [1.29, 1.82) is 0 Å². The van der Waals surface area contributed by atoms with Gasteiger partial charge in [0.15, 0.2) is 0 Å². The first-order valence-electron chi connectivity index (χ1n) is 3.82. The summed E-state index contributed by atoms with van der Waals surface area (Å²) in [6, 6.07) is 7.51. The van der Waals surface area contributed by atoms with Crippen LogP contribution in [0.15, 0.2) is 24.3 Å². The lowest BCUT2D eigenvalue weighted by Crippen LogP contribution is -2.18. The number of benzene rings is 1. The van der Waals surface area contributed by atoms with E-state index in [1.807, 2.05) is 24.3 Å². The van der Waals surface area contributed by atoms with Crippen molar-refractivity contribution in [2.75, 3.05) is 7.05 Å². The Balaban J connectivity index is 2.54. The van der Waals surface area contributed by atoms with Crippen molar-refractivity contribution < 1.29 is 4.74 Å². The second-order valence-corrected chi connectivity index (χ2v) is 3.20. The van der Waals surface area contributed by atoms with Gasteiger partial charge in [0.2, 0.25) is 0 Å². The van der Waals surface area contributed by atoms with Gasteiger partial charge in [-0.2, -0.15) is 0 Å². The highest BCUT2D eigenvalue weighted by molar-refractivity contribution is 7.80. The number of hydrogen-bond donors (Lipinski definition) is 1. The molecule has 0 saturated carbocycles. The van der Waals surface area contributed by atoms with Crippen LogP contribution in [0.3, 0.4) is 0 Å². The van der Waals surface area contributed by atoms with Gasteiger partial charge in [-0.25, -0.2) is 0 Å². The number of rotatable bonds is 2. The Morgan fingerprint density at radius 1 is 1.54 bits per heavy atom. The van der Waals surface area contributed by atoms with E-state index < -0.39 is 0 Å². The first kappa shape index (κ1) is 10.3. The Kier molecular flexibility index (Phi) is 3.99. The zero-order valence-corrected chi connectivity index (χ0v) is 8.78. The minimum atomic E-state index is 0.375. The summed E-state index contributed by atoms with van der Waals surface area (Å²) in [4.78, 5) is 0. The molecule has 1 aromatic rings. The molecule has 70 valence electrons. The van der Waals surface area contributed by atoms with Crippen LogP contribution in [-0.2, 0) is 11.3 Å². The van der Waals surface area contributed by atoms with Crippen LogP contribution in [0.25, 0.3) is 0 Å². The topological polar surface area (TPSA) is 21.3 Å². The van der Waals surface area contributed by atoms with Crippen LogP contribution in [0.5, 0.6) is 0 Å². The molecule has 0 aliphatic heterocycles. The van der Waals surface area contributed by atoms with Gasteiger partial charge in [-0.3, -0.25) is 0 Å². The molecule has 0 aliphatic rings. The van der Waals surface area contributed by atoms with E-state index in [-0.39, 0.29) is 0 Å². The Morgan fingerprint density at radius 3 is 2.85 bits per heavy atom. The zero-order valence-electron chi connectivity index (χ0n) is 7.21. The monoisotopic (exact) mass is 215 g/mol. The highest BCUT2D eigenvalue weighted by atomic mass is 35.5. The minimum Gasteiger partial charge on any atom is -0.466 e. The average molecular weight is 216 g/mol. The SMILES string of the molecule is CNC(=S)OCc1ccccc1Cl. The molecule has 1 N–H and O–H groups in total. The lowest BCUT2D eigenvalue weighted by molar-refractivity contribution is 0.289. The number of thiocarbonyl (C=S) groups is 1. The maximum atomic E-state index is 5.91. The normalized spacial score (nSPS) is 9.38. The maximum absolute atomic E-state index is 5.91. The summed E-state index contributed by atoms with van der Waals surface area (Å²) in [5, 5.41) is 3.79. The summed E-state index contributed by atoms with van der Waals surface area (Å²) in [5.41, 5.74) is 0.932. The highest BCUT2D eigenvalue weighted by Gasteiger charge is 1.99.